The van der Waals surface area contributed by atoms with Crippen molar-refractivity contribution in [2.45, 2.75) is 46.1 Å². The van der Waals surface area contributed by atoms with E-state index in [1.54, 1.807) is 0 Å². The van der Waals surface area contributed by atoms with E-state index in [-0.39, 0.29) is 5.97 Å². The van der Waals surface area contributed by atoms with Crippen LogP contribution in [0.15, 0.2) is 0 Å². The fourth-order valence-electron chi connectivity index (χ4n) is 2.78. The smallest absolute Gasteiger partial charge is 0.307 e. The van der Waals surface area contributed by atoms with Crippen molar-refractivity contribution in [1.29, 1.82) is 0 Å². The molecule has 4 nitrogen and oxygen atoms in total. The summed E-state index contributed by atoms with van der Waals surface area (Å²) >= 11 is 0. The molecule has 1 atom stereocenters. The van der Waals surface area contributed by atoms with Gasteiger partial charge in [-0.3, -0.25) is 4.79 Å². The molecule has 1 aliphatic rings. The highest BCUT2D eigenvalue weighted by atomic mass is 16.5. The summed E-state index contributed by atoms with van der Waals surface area (Å²) in [5.74, 6) is 0.490. The lowest BCUT2D eigenvalue weighted by Crippen LogP contribution is -2.44. The van der Waals surface area contributed by atoms with Crippen LogP contribution in [0.25, 0.3) is 0 Å². The Hall–Kier alpha value is -0.610. The normalized spacial score (nSPS) is 18.9. The minimum absolute atomic E-state index is 0.0686. The van der Waals surface area contributed by atoms with E-state index in [0.717, 1.165) is 39.1 Å². The average molecular weight is 257 g/mol. The third-order valence-electron chi connectivity index (χ3n) is 3.77. The fourth-order valence-corrected chi connectivity index (χ4v) is 2.78. The second-order valence-corrected chi connectivity index (χ2v) is 4.75. The van der Waals surface area contributed by atoms with Crippen LogP contribution < -0.4 is 0 Å². The molecule has 0 aromatic carbocycles. The Morgan fingerprint density at radius 3 is 2.39 bits per heavy atom. The average Bonchev–Trinajstić information content (AvgIpc) is 2.40. The Morgan fingerprint density at radius 2 is 1.89 bits per heavy atom. The molecular formula is C14H27NO3. The van der Waals surface area contributed by atoms with E-state index in [1.165, 1.54) is 0 Å². The maximum absolute atomic E-state index is 11.8. The number of rotatable bonds is 7. The molecule has 4 heteroatoms. The molecule has 1 unspecified atom stereocenters. The zero-order chi connectivity index (χ0) is 13.4. The molecule has 1 saturated heterocycles. The molecule has 0 bridgehead atoms. The van der Waals surface area contributed by atoms with Crippen LogP contribution in [0.4, 0.5) is 0 Å². The monoisotopic (exact) mass is 257 g/mol. The summed E-state index contributed by atoms with van der Waals surface area (Å²) in [5.41, 5.74) is 0. The molecule has 0 aromatic rings. The van der Waals surface area contributed by atoms with Gasteiger partial charge in [0.05, 0.1) is 13.0 Å². The highest BCUT2D eigenvalue weighted by molar-refractivity contribution is 5.70. The van der Waals surface area contributed by atoms with Crippen molar-refractivity contribution >= 4 is 5.97 Å². The zero-order valence-corrected chi connectivity index (χ0v) is 12.0. The molecule has 18 heavy (non-hydrogen) atoms. The molecule has 0 saturated carbocycles. The van der Waals surface area contributed by atoms with E-state index < -0.39 is 0 Å². The summed E-state index contributed by atoms with van der Waals surface area (Å²) < 4.78 is 10.5. The first-order chi connectivity index (χ1) is 8.72. The van der Waals surface area contributed by atoms with Crippen molar-refractivity contribution in [2.24, 2.45) is 5.92 Å². The van der Waals surface area contributed by atoms with Gasteiger partial charge in [-0.25, -0.2) is 0 Å². The SMILES string of the molecule is CCOC(=O)CC(C1CCOCC1)N(CC)CC. The lowest BCUT2D eigenvalue weighted by atomic mass is 9.88. The Morgan fingerprint density at radius 1 is 1.28 bits per heavy atom. The Balaban J connectivity index is 2.63. The van der Waals surface area contributed by atoms with Crippen LogP contribution in [0.3, 0.4) is 0 Å². The molecule has 1 fully saturated rings. The standard InChI is InChI=1S/C14H27NO3/c1-4-15(5-2)13(11-14(16)18-6-3)12-7-9-17-10-8-12/h12-13H,4-11H2,1-3H3. The molecule has 1 heterocycles. The maximum Gasteiger partial charge on any atom is 0.307 e. The number of carbonyl (C=O) groups excluding carboxylic acids is 1. The van der Waals surface area contributed by atoms with Crippen LogP contribution in [0.2, 0.25) is 0 Å². The van der Waals surface area contributed by atoms with E-state index in [2.05, 4.69) is 18.7 Å². The van der Waals surface area contributed by atoms with E-state index in [1.807, 2.05) is 6.92 Å². The predicted molar refractivity (Wildman–Crippen MR) is 71.5 cm³/mol. The first-order valence-electron chi connectivity index (χ1n) is 7.20. The third kappa shape index (κ3) is 4.58. The van der Waals surface area contributed by atoms with Crippen LogP contribution in [0, 0.1) is 5.92 Å². The minimum Gasteiger partial charge on any atom is -0.466 e. The largest absolute Gasteiger partial charge is 0.466 e. The summed E-state index contributed by atoms with van der Waals surface area (Å²) in [6.07, 6.45) is 2.63. The minimum atomic E-state index is -0.0686. The molecule has 106 valence electrons. The molecule has 0 radical (unpaired) electrons. The molecule has 0 N–H and O–H groups in total. The molecule has 1 rings (SSSR count). The molecule has 0 spiro atoms. The zero-order valence-electron chi connectivity index (χ0n) is 12.0. The number of esters is 1. The Kier molecular flexibility index (Phi) is 7.28. The number of hydrogen-bond donors (Lipinski definition) is 0. The van der Waals surface area contributed by atoms with E-state index in [9.17, 15) is 4.79 Å². The predicted octanol–water partition coefficient (Wildman–Crippen LogP) is 2.08. The maximum atomic E-state index is 11.8. The Labute approximate surface area is 111 Å². The van der Waals surface area contributed by atoms with Crippen molar-refractivity contribution in [1.82, 2.24) is 4.90 Å². The quantitative estimate of drug-likeness (QED) is 0.655. The van der Waals surface area contributed by atoms with Crippen molar-refractivity contribution in [3.63, 3.8) is 0 Å². The van der Waals surface area contributed by atoms with E-state index in [4.69, 9.17) is 9.47 Å². The number of hydrogen-bond acceptors (Lipinski definition) is 4. The van der Waals surface area contributed by atoms with Gasteiger partial charge in [-0.1, -0.05) is 13.8 Å². The highest BCUT2D eigenvalue weighted by Gasteiger charge is 2.30. The van der Waals surface area contributed by atoms with Crippen LogP contribution in [0.1, 0.15) is 40.0 Å². The van der Waals surface area contributed by atoms with Gasteiger partial charge in [0.15, 0.2) is 0 Å². The molecule has 0 aliphatic carbocycles. The summed E-state index contributed by atoms with van der Waals surface area (Å²) in [5, 5.41) is 0. The van der Waals surface area contributed by atoms with Gasteiger partial charge < -0.3 is 14.4 Å². The molecule has 0 aromatic heterocycles. The van der Waals surface area contributed by atoms with Crippen LogP contribution in [-0.4, -0.2) is 49.8 Å². The van der Waals surface area contributed by atoms with Gasteiger partial charge in [-0.15, -0.1) is 0 Å². The first kappa shape index (κ1) is 15.4. The Bertz CT molecular complexity index is 235. The topological polar surface area (TPSA) is 38.8 Å². The van der Waals surface area contributed by atoms with Gasteiger partial charge in [0, 0.05) is 19.3 Å². The van der Waals surface area contributed by atoms with Crippen LogP contribution in [-0.2, 0) is 14.3 Å². The number of carbonyl (C=O) groups is 1. The first-order valence-corrected chi connectivity index (χ1v) is 7.20. The highest BCUT2D eigenvalue weighted by Crippen LogP contribution is 2.25. The van der Waals surface area contributed by atoms with Crippen molar-refractivity contribution in [2.75, 3.05) is 32.9 Å². The number of nitrogens with zero attached hydrogens (tertiary/aromatic N) is 1. The molecule has 1 aliphatic heterocycles. The molecule has 0 amide bonds. The fraction of sp³-hybridized carbons (Fsp3) is 0.929. The summed E-state index contributed by atoms with van der Waals surface area (Å²) in [7, 11) is 0. The van der Waals surface area contributed by atoms with Crippen molar-refractivity contribution in [3.05, 3.63) is 0 Å². The second-order valence-electron chi connectivity index (χ2n) is 4.75. The molecular weight excluding hydrogens is 230 g/mol. The van der Waals surface area contributed by atoms with Crippen LogP contribution >= 0.6 is 0 Å². The third-order valence-corrected chi connectivity index (χ3v) is 3.77. The van der Waals surface area contributed by atoms with Gasteiger partial charge in [0.2, 0.25) is 0 Å². The van der Waals surface area contributed by atoms with Crippen molar-refractivity contribution in [3.8, 4) is 0 Å². The van der Waals surface area contributed by atoms with Gasteiger partial charge >= 0.3 is 5.97 Å². The van der Waals surface area contributed by atoms with Gasteiger partial charge in [0.25, 0.3) is 0 Å². The van der Waals surface area contributed by atoms with Crippen LogP contribution in [0.5, 0.6) is 0 Å². The van der Waals surface area contributed by atoms with Gasteiger partial charge in [0.1, 0.15) is 0 Å². The lowest BCUT2D eigenvalue weighted by molar-refractivity contribution is -0.145. The van der Waals surface area contributed by atoms with Crippen molar-refractivity contribution < 1.29 is 14.3 Å². The second kappa shape index (κ2) is 8.48. The lowest BCUT2D eigenvalue weighted by Gasteiger charge is -2.37. The van der Waals surface area contributed by atoms with E-state index in [0.29, 0.717) is 25.0 Å². The summed E-state index contributed by atoms with van der Waals surface area (Å²) in [6.45, 7) is 10.3. The summed E-state index contributed by atoms with van der Waals surface area (Å²) in [6, 6.07) is 0.308. The number of ether oxygens (including phenoxy) is 2. The van der Waals surface area contributed by atoms with Gasteiger partial charge in [-0.05, 0) is 38.8 Å². The van der Waals surface area contributed by atoms with Gasteiger partial charge in [-0.2, -0.15) is 0 Å². The summed E-state index contributed by atoms with van der Waals surface area (Å²) in [4.78, 5) is 14.1. The van der Waals surface area contributed by atoms with E-state index >= 15 is 0 Å².